The number of nitrogens with zero attached hydrogens (tertiary/aromatic N) is 3. The highest BCUT2D eigenvalue weighted by molar-refractivity contribution is 6.30. The van der Waals surface area contributed by atoms with Gasteiger partial charge in [0.25, 0.3) is 0 Å². The van der Waals surface area contributed by atoms with Crippen LogP contribution in [0.25, 0.3) is 0 Å². The minimum Gasteiger partial charge on any atom is -0.310 e. The summed E-state index contributed by atoms with van der Waals surface area (Å²) in [4.78, 5) is 14.7. The third kappa shape index (κ3) is 5.32. The van der Waals surface area contributed by atoms with Gasteiger partial charge in [-0.2, -0.15) is 5.10 Å². The summed E-state index contributed by atoms with van der Waals surface area (Å²) in [5.41, 5.74) is 1.05. The second kappa shape index (κ2) is 9.19. The first-order valence-electron chi connectivity index (χ1n) is 9.38. The van der Waals surface area contributed by atoms with E-state index in [9.17, 15) is 4.79 Å². The van der Waals surface area contributed by atoms with Crippen LogP contribution in [-0.4, -0.2) is 40.2 Å². The summed E-state index contributed by atoms with van der Waals surface area (Å²) in [5.74, 6) is 0.717. The van der Waals surface area contributed by atoms with Crippen molar-refractivity contribution in [2.45, 2.75) is 51.1 Å². The highest BCUT2D eigenvalue weighted by atomic mass is 35.5. The highest BCUT2D eigenvalue weighted by Crippen LogP contribution is 2.21. The van der Waals surface area contributed by atoms with Crippen molar-refractivity contribution in [2.75, 3.05) is 18.9 Å². The van der Waals surface area contributed by atoms with Crippen molar-refractivity contribution in [2.24, 2.45) is 0 Å². The Kier molecular flexibility index (Phi) is 6.69. The lowest BCUT2D eigenvalue weighted by Crippen LogP contribution is -2.38. The molecule has 0 saturated heterocycles. The number of carbonyl (C=O) groups is 1. The lowest BCUT2D eigenvalue weighted by Gasteiger charge is -2.26. The Balaban J connectivity index is 1.57. The summed E-state index contributed by atoms with van der Waals surface area (Å²) in [6.07, 6.45) is 9.26. The number of likely N-dealkylation sites (N-methyl/N-ethyl adjacent to an activating group) is 1. The zero-order valence-electron chi connectivity index (χ0n) is 15.3. The molecule has 1 aromatic carbocycles. The van der Waals surface area contributed by atoms with Crippen molar-refractivity contribution in [3.8, 4) is 0 Å². The van der Waals surface area contributed by atoms with Crippen LogP contribution >= 0.6 is 11.6 Å². The molecule has 1 aromatic heterocycles. The molecule has 1 aliphatic rings. The molecule has 26 heavy (non-hydrogen) atoms. The third-order valence-electron chi connectivity index (χ3n) is 5.05. The number of aromatic nitrogens is 2. The quantitative estimate of drug-likeness (QED) is 0.772. The normalized spacial score (nSPS) is 15.8. The molecule has 0 unspecified atom stereocenters. The van der Waals surface area contributed by atoms with Crippen LogP contribution in [0.1, 0.15) is 44.1 Å². The van der Waals surface area contributed by atoms with Crippen molar-refractivity contribution in [1.29, 1.82) is 0 Å². The molecule has 1 aliphatic carbocycles. The molecule has 3 rings (SSSR count). The van der Waals surface area contributed by atoms with Gasteiger partial charge in [-0.1, -0.05) is 49.4 Å². The van der Waals surface area contributed by atoms with E-state index in [1.165, 1.54) is 38.5 Å². The van der Waals surface area contributed by atoms with Crippen LogP contribution in [-0.2, 0) is 11.3 Å². The number of carbonyl (C=O) groups excluding carboxylic acids is 1. The number of hydrogen-bond acceptors (Lipinski definition) is 3. The molecule has 0 atom stereocenters. The summed E-state index contributed by atoms with van der Waals surface area (Å²) in [5, 5.41) is 8.02. The van der Waals surface area contributed by atoms with Gasteiger partial charge in [0.2, 0.25) is 5.91 Å². The fourth-order valence-corrected chi connectivity index (χ4v) is 3.82. The van der Waals surface area contributed by atoms with E-state index in [-0.39, 0.29) is 5.91 Å². The molecule has 0 radical (unpaired) electrons. The maximum atomic E-state index is 12.5. The van der Waals surface area contributed by atoms with Gasteiger partial charge in [-0.05, 0) is 37.6 Å². The summed E-state index contributed by atoms with van der Waals surface area (Å²) in [6, 6.07) is 10.0. The van der Waals surface area contributed by atoms with Crippen molar-refractivity contribution in [3.05, 3.63) is 47.1 Å². The van der Waals surface area contributed by atoms with Gasteiger partial charge in [0.1, 0.15) is 5.82 Å². The number of rotatable bonds is 6. The highest BCUT2D eigenvalue weighted by Gasteiger charge is 2.19. The molecule has 5 nitrogen and oxygen atoms in total. The SMILES string of the molecule is CN(CC(=O)Nc1ccnn1Cc1cccc(Cl)c1)C1CCCCCC1. The molecule has 1 amide bonds. The Morgan fingerprint density at radius 3 is 2.77 bits per heavy atom. The van der Waals surface area contributed by atoms with Crippen LogP contribution in [0, 0.1) is 0 Å². The average molecular weight is 375 g/mol. The Morgan fingerprint density at radius 2 is 2.04 bits per heavy atom. The van der Waals surface area contributed by atoms with E-state index in [4.69, 9.17) is 11.6 Å². The maximum Gasteiger partial charge on any atom is 0.239 e. The van der Waals surface area contributed by atoms with Gasteiger partial charge in [-0.15, -0.1) is 0 Å². The molecular formula is C20H27ClN4O. The first-order valence-corrected chi connectivity index (χ1v) is 9.76. The second-order valence-corrected chi connectivity index (χ2v) is 7.55. The largest absolute Gasteiger partial charge is 0.310 e. The van der Waals surface area contributed by atoms with Crippen LogP contribution in [0.15, 0.2) is 36.5 Å². The molecule has 1 N–H and O–H groups in total. The number of halogens is 1. The van der Waals surface area contributed by atoms with Crippen LogP contribution < -0.4 is 5.32 Å². The van der Waals surface area contributed by atoms with Gasteiger partial charge >= 0.3 is 0 Å². The van der Waals surface area contributed by atoms with Crippen molar-refractivity contribution in [1.82, 2.24) is 14.7 Å². The van der Waals surface area contributed by atoms with E-state index in [0.717, 1.165) is 5.56 Å². The average Bonchev–Trinajstić information content (AvgIpc) is 2.85. The lowest BCUT2D eigenvalue weighted by atomic mass is 10.1. The van der Waals surface area contributed by atoms with E-state index in [1.807, 2.05) is 30.3 Å². The summed E-state index contributed by atoms with van der Waals surface area (Å²) in [7, 11) is 2.05. The summed E-state index contributed by atoms with van der Waals surface area (Å²) in [6.45, 7) is 0.981. The van der Waals surface area contributed by atoms with Gasteiger partial charge in [-0.25, -0.2) is 4.68 Å². The van der Waals surface area contributed by atoms with Crippen LogP contribution in [0.2, 0.25) is 5.02 Å². The monoisotopic (exact) mass is 374 g/mol. The van der Waals surface area contributed by atoms with Crippen molar-refractivity contribution in [3.63, 3.8) is 0 Å². The number of nitrogens with one attached hydrogen (secondary N) is 1. The van der Waals surface area contributed by atoms with Crippen LogP contribution in [0.4, 0.5) is 5.82 Å². The Hall–Kier alpha value is -1.85. The first kappa shape index (κ1) is 18.9. The van der Waals surface area contributed by atoms with E-state index >= 15 is 0 Å². The minimum atomic E-state index is 0.00425. The standard InChI is InChI=1S/C20H27ClN4O/c1-24(18-9-4-2-3-5-10-18)15-20(26)23-19-11-12-22-25(19)14-16-7-6-8-17(21)13-16/h6-8,11-13,18H,2-5,9-10,14-15H2,1H3,(H,23,26). The predicted molar refractivity (Wildman–Crippen MR) is 106 cm³/mol. The number of hydrogen-bond donors (Lipinski definition) is 1. The minimum absolute atomic E-state index is 0.00425. The van der Waals surface area contributed by atoms with Gasteiger partial charge in [-0.3, -0.25) is 9.69 Å². The molecule has 0 bridgehead atoms. The van der Waals surface area contributed by atoms with Crippen molar-refractivity contribution < 1.29 is 4.79 Å². The number of benzene rings is 1. The molecule has 0 aliphatic heterocycles. The Labute approximate surface area is 160 Å². The summed E-state index contributed by atoms with van der Waals surface area (Å²) >= 11 is 6.05. The number of anilines is 1. The smallest absolute Gasteiger partial charge is 0.239 e. The fraction of sp³-hybridized carbons (Fsp3) is 0.500. The number of amides is 1. The maximum absolute atomic E-state index is 12.5. The fourth-order valence-electron chi connectivity index (χ4n) is 3.61. The predicted octanol–water partition coefficient (Wildman–Crippen LogP) is 4.18. The van der Waals surface area contributed by atoms with Crippen molar-refractivity contribution >= 4 is 23.3 Å². The molecule has 1 heterocycles. The summed E-state index contributed by atoms with van der Waals surface area (Å²) < 4.78 is 1.79. The zero-order valence-corrected chi connectivity index (χ0v) is 16.1. The first-order chi connectivity index (χ1) is 12.6. The molecule has 140 valence electrons. The topological polar surface area (TPSA) is 50.2 Å². The lowest BCUT2D eigenvalue weighted by molar-refractivity contribution is -0.117. The van der Waals surface area contributed by atoms with Gasteiger partial charge in [0.15, 0.2) is 0 Å². The molecular weight excluding hydrogens is 348 g/mol. The van der Waals surface area contributed by atoms with Gasteiger partial charge in [0.05, 0.1) is 19.3 Å². The second-order valence-electron chi connectivity index (χ2n) is 7.11. The zero-order chi connectivity index (χ0) is 18.4. The third-order valence-corrected chi connectivity index (χ3v) is 5.28. The van der Waals surface area contributed by atoms with Crippen LogP contribution in [0.5, 0.6) is 0 Å². The molecule has 0 spiro atoms. The molecule has 1 saturated carbocycles. The molecule has 2 aromatic rings. The Morgan fingerprint density at radius 1 is 1.27 bits per heavy atom. The van der Waals surface area contributed by atoms with E-state index < -0.39 is 0 Å². The van der Waals surface area contributed by atoms with Gasteiger partial charge in [0, 0.05) is 17.1 Å². The van der Waals surface area contributed by atoms with E-state index in [0.29, 0.717) is 30.0 Å². The van der Waals surface area contributed by atoms with Gasteiger partial charge < -0.3 is 5.32 Å². The Bertz CT molecular complexity index is 722. The van der Waals surface area contributed by atoms with E-state index in [2.05, 4.69) is 22.4 Å². The van der Waals surface area contributed by atoms with E-state index in [1.54, 1.807) is 10.9 Å². The molecule has 6 heteroatoms. The molecule has 1 fully saturated rings. The van der Waals surface area contributed by atoms with Crippen LogP contribution in [0.3, 0.4) is 0 Å².